The van der Waals surface area contributed by atoms with Gasteiger partial charge in [-0.15, -0.1) is 0 Å². The van der Waals surface area contributed by atoms with Crippen LogP contribution >= 0.6 is 11.6 Å². The fraction of sp³-hybridized carbons (Fsp3) is 0.136. The van der Waals surface area contributed by atoms with Crippen LogP contribution in [-0.2, 0) is 6.42 Å². The van der Waals surface area contributed by atoms with E-state index in [9.17, 15) is 9.18 Å². The summed E-state index contributed by atoms with van der Waals surface area (Å²) in [6, 6.07) is 8.91. The number of benzene rings is 2. The molecule has 3 heterocycles. The molecule has 1 N–H and O–H groups in total. The molecule has 154 valence electrons. The number of anilines is 2. The highest BCUT2D eigenvalue weighted by molar-refractivity contribution is 6.31. The molecule has 1 aliphatic heterocycles. The molecule has 31 heavy (non-hydrogen) atoms. The van der Waals surface area contributed by atoms with Crippen LogP contribution in [0.15, 0.2) is 49.1 Å². The zero-order valence-electron chi connectivity index (χ0n) is 16.4. The first-order valence-electron chi connectivity index (χ1n) is 9.60. The number of nitrogens with one attached hydrogen (secondary N) is 1. The number of hydrogen-bond donors (Lipinski definition) is 1. The maximum Gasteiger partial charge on any atom is 0.288 e. The molecular formula is C22H16ClFN6O. The third-order valence-corrected chi connectivity index (χ3v) is 5.59. The van der Waals surface area contributed by atoms with Crippen LogP contribution in [0.5, 0.6) is 0 Å². The Morgan fingerprint density at radius 3 is 2.68 bits per heavy atom. The van der Waals surface area contributed by atoms with E-state index in [1.807, 2.05) is 23.1 Å². The summed E-state index contributed by atoms with van der Waals surface area (Å²) in [5, 5.41) is 3.42. The van der Waals surface area contributed by atoms with Crippen molar-refractivity contribution in [1.82, 2.24) is 25.3 Å². The quantitative estimate of drug-likeness (QED) is 0.526. The van der Waals surface area contributed by atoms with Gasteiger partial charge in [-0.25, -0.2) is 24.3 Å². The topological polar surface area (TPSA) is 83.9 Å². The standard InChI is InChI=1S/C22H16ClFN6O/c1-25-22(31)20-26-9-14(10-27-20)12-2-3-18-15(6-12)21(29-11-28-18)30-5-4-13-7-17(24)16(23)8-19(13)30/h2-3,6-11H,4-5H2,1H3,(H,25,31). The van der Waals surface area contributed by atoms with Crippen LogP contribution in [0.25, 0.3) is 22.0 Å². The van der Waals surface area contributed by atoms with Gasteiger partial charge in [0.1, 0.15) is 18.0 Å². The van der Waals surface area contributed by atoms with Gasteiger partial charge in [-0.2, -0.15) is 0 Å². The SMILES string of the molecule is CNC(=O)c1ncc(-c2ccc3ncnc(N4CCc5cc(F)c(Cl)cc54)c3c2)cn1. The second-order valence-corrected chi connectivity index (χ2v) is 7.51. The highest BCUT2D eigenvalue weighted by atomic mass is 35.5. The largest absolute Gasteiger partial charge is 0.352 e. The summed E-state index contributed by atoms with van der Waals surface area (Å²) in [7, 11) is 1.53. The van der Waals surface area contributed by atoms with Crippen LogP contribution in [0.1, 0.15) is 16.2 Å². The average molecular weight is 435 g/mol. The van der Waals surface area contributed by atoms with Crippen molar-refractivity contribution in [1.29, 1.82) is 0 Å². The highest BCUT2D eigenvalue weighted by Crippen LogP contribution is 2.39. The number of aromatic nitrogens is 4. The van der Waals surface area contributed by atoms with Crippen molar-refractivity contribution in [3.8, 4) is 11.1 Å². The predicted molar refractivity (Wildman–Crippen MR) is 116 cm³/mol. The van der Waals surface area contributed by atoms with Gasteiger partial charge in [0.25, 0.3) is 5.91 Å². The summed E-state index contributed by atoms with van der Waals surface area (Å²) >= 11 is 6.04. The number of amides is 1. The zero-order chi connectivity index (χ0) is 21.5. The molecule has 0 radical (unpaired) electrons. The molecule has 5 rings (SSSR count). The summed E-state index contributed by atoms with van der Waals surface area (Å²) in [4.78, 5) is 30.9. The minimum Gasteiger partial charge on any atom is -0.352 e. The van der Waals surface area contributed by atoms with Gasteiger partial charge in [-0.05, 0) is 41.8 Å². The fourth-order valence-electron chi connectivity index (χ4n) is 3.75. The molecule has 2 aromatic carbocycles. The van der Waals surface area contributed by atoms with Crippen LogP contribution in [0, 0.1) is 5.82 Å². The number of nitrogens with zero attached hydrogens (tertiary/aromatic N) is 5. The zero-order valence-corrected chi connectivity index (χ0v) is 17.2. The third-order valence-electron chi connectivity index (χ3n) is 5.30. The number of fused-ring (bicyclic) bond motifs is 2. The maximum absolute atomic E-state index is 13.9. The minimum atomic E-state index is -0.419. The van der Waals surface area contributed by atoms with Crippen molar-refractivity contribution in [2.24, 2.45) is 0 Å². The summed E-state index contributed by atoms with van der Waals surface area (Å²) in [5.41, 5.74) is 4.14. The van der Waals surface area contributed by atoms with Crippen LogP contribution in [-0.4, -0.2) is 39.4 Å². The van der Waals surface area contributed by atoms with E-state index < -0.39 is 5.82 Å². The number of rotatable bonds is 3. The Hall–Kier alpha value is -3.65. The average Bonchev–Trinajstić information content (AvgIpc) is 3.20. The van der Waals surface area contributed by atoms with E-state index in [2.05, 4.69) is 25.3 Å². The first kappa shape index (κ1) is 19.3. The Morgan fingerprint density at radius 1 is 1.10 bits per heavy atom. The second-order valence-electron chi connectivity index (χ2n) is 7.10. The molecule has 7 nitrogen and oxygen atoms in total. The van der Waals surface area contributed by atoms with Crippen LogP contribution in [0.3, 0.4) is 0 Å². The molecule has 1 aliphatic rings. The Balaban J connectivity index is 1.59. The Kier molecular flexibility index (Phi) is 4.71. The van der Waals surface area contributed by atoms with Crippen molar-refractivity contribution in [2.75, 3.05) is 18.5 Å². The van der Waals surface area contributed by atoms with Crippen LogP contribution < -0.4 is 10.2 Å². The molecular weight excluding hydrogens is 419 g/mol. The van der Waals surface area contributed by atoms with Crippen LogP contribution in [0.2, 0.25) is 5.02 Å². The maximum atomic E-state index is 13.9. The van der Waals surface area contributed by atoms with E-state index in [0.29, 0.717) is 13.0 Å². The lowest BCUT2D eigenvalue weighted by atomic mass is 10.1. The van der Waals surface area contributed by atoms with Crippen LogP contribution in [0.4, 0.5) is 15.9 Å². The Labute approximate surface area is 181 Å². The number of carbonyl (C=O) groups excluding carboxylic acids is 1. The van der Waals surface area contributed by atoms with Crippen molar-refractivity contribution >= 4 is 39.9 Å². The monoisotopic (exact) mass is 434 g/mol. The molecule has 1 amide bonds. The van der Waals surface area contributed by atoms with E-state index in [1.165, 1.54) is 19.4 Å². The molecule has 0 atom stereocenters. The second kappa shape index (κ2) is 7.55. The molecule has 0 unspecified atom stereocenters. The van der Waals surface area contributed by atoms with Crippen molar-refractivity contribution in [3.63, 3.8) is 0 Å². The summed E-state index contributed by atoms with van der Waals surface area (Å²) < 4.78 is 13.9. The number of halogens is 2. The van der Waals surface area contributed by atoms with Gasteiger partial charge in [0.15, 0.2) is 0 Å². The van der Waals surface area contributed by atoms with Gasteiger partial charge in [-0.1, -0.05) is 17.7 Å². The van der Waals surface area contributed by atoms with E-state index >= 15 is 0 Å². The van der Waals surface area contributed by atoms with E-state index in [4.69, 9.17) is 11.6 Å². The molecule has 0 bridgehead atoms. The van der Waals surface area contributed by atoms with Gasteiger partial charge in [0, 0.05) is 42.6 Å². The van der Waals surface area contributed by atoms with Crippen molar-refractivity contribution in [2.45, 2.75) is 6.42 Å². The molecule has 9 heteroatoms. The lowest BCUT2D eigenvalue weighted by Crippen LogP contribution is -2.20. The van der Waals surface area contributed by atoms with E-state index in [1.54, 1.807) is 18.5 Å². The first-order chi connectivity index (χ1) is 15.0. The smallest absolute Gasteiger partial charge is 0.288 e. The molecule has 0 saturated carbocycles. The van der Waals surface area contributed by atoms with Gasteiger partial charge in [0.2, 0.25) is 5.82 Å². The number of hydrogen-bond acceptors (Lipinski definition) is 6. The van der Waals surface area contributed by atoms with E-state index in [-0.39, 0.29) is 16.8 Å². The predicted octanol–water partition coefficient (Wildman–Crippen LogP) is 3.93. The molecule has 4 aromatic rings. The lowest BCUT2D eigenvalue weighted by molar-refractivity contribution is 0.0953. The van der Waals surface area contributed by atoms with Gasteiger partial charge in [0.05, 0.1) is 10.5 Å². The van der Waals surface area contributed by atoms with Gasteiger partial charge in [-0.3, -0.25) is 4.79 Å². The highest BCUT2D eigenvalue weighted by Gasteiger charge is 2.25. The lowest BCUT2D eigenvalue weighted by Gasteiger charge is -2.20. The van der Waals surface area contributed by atoms with Gasteiger partial charge >= 0.3 is 0 Å². The third kappa shape index (κ3) is 3.34. The number of carbonyl (C=O) groups is 1. The Bertz CT molecular complexity index is 1330. The molecule has 0 aliphatic carbocycles. The Morgan fingerprint density at radius 2 is 1.90 bits per heavy atom. The molecule has 0 spiro atoms. The summed E-state index contributed by atoms with van der Waals surface area (Å²) in [5.74, 6) is 0.0610. The van der Waals surface area contributed by atoms with E-state index in [0.717, 1.165) is 39.1 Å². The molecule has 0 saturated heterocycles. The fourth-order valence-corrected chi connectivity index (χ4v) is 3.90. The normalized spacial score (nSPS) is 12.8. The summed E-state index contributed by atoms with van der Waals surface area (Å²) in [6.45, 7) is 0.662. The van der Waals surface area contributed by atoms with Crippen molar-refractivity contribution < 1.29 is 9.18 Å². The molecule has 2 aromatic heterocycles. The minimum absolute atomic E-state index is 0.0815. The molecule has 0 fully saturated rings. The van der Waals surface area contributed by atoms with Gasteiger partial charge < -0.3 is 10.2 Å². The first-order valence-corrected chi connectivity index (χ1v) is 9.97. The van der Waals surface area contributed by atoms with Crippen molar-refractivity contribution in [3.05, 3.63) is 71.3 Å². The summed E-state index contributed by atoms with van der Waals surface area (Å²) in [6.07, 6.45) is 5.43.